The van der Waals surface area contributed by atoms with Gasteiger partial charge >= 0.3 is 5.97 Å². The van der Waals surface area contributed by atoms with Crippen LogP contribution in [0.5, 0.6) is 0 Å². The van der Waals surface area contributed by atoms with E-state index in [9.17, 15) is 30.0 Å². The number of Topliss-reactive ketones (excluding diaryl/α,β-unsaturated/α-hetero) is 1. The van der Waals surface area contributed by atoms with Gasteiger partial charge in [-0.2, -0.15) is 0 Å². The van der Waals surface area contributed by atoms with Crippen molar-refractivity contribution < 1.29 is 30.0 Å². The number of carboxylic acids is 1. The van der Waals surface area contributed by atoms with Crippen molar-refractivity contribution in [3.63, 3.8) is 0 Å². The van der Waals surface area contributed by atoms with Gasteiger partial charge in [-0.15, -0.1) is 0 Å². The van der Waals surface area contributed by atoms with Crippen LogP contribution in [0.4, 0.5) is 0 Å². The predicted molar refractivity (Wildman–Crippen MR) is 92.0 cm³/mol. The first-order valence-electron chi connectivity index (χ1n) is 9.84. The zero-order valence-electron chi connectivity index (χ0n) is 15.7. The molecule has 2 bridgehead atoms. The summed E-state index contributed by atoms with van der Waals surface area (Å²) in [6, 6.07) is 0. The number of hydrogen-bond acceptors (Lipinski definition) is 5. The number of fused-ring (bicyclic) bond motifs is 3. The first-order valence-corrected chi connectivity index (χ1v) is 9.84. The molecule has 26 heavy (non-hydrogen) atoms. The van der Waals surface area contributed by atoms with Crippen LogP contribution in [-0.4, -0.2) is 50.5 Å². The summed E-state index contributed by atoms with van der Waals surface area (Å²) in [7, 11) is 0. The Morgan fingerprint density at radius 3 is 2.35 bits per heavy atom. The van der Waals surface area contributed by atoms with Gasteiger partial charge < -0.3 is 20.4 Å². The van der Waals surface area contributed by atoms with Crippen molar-refractivity contribution in [2.75, 3.05) is 0 Å². The van der Waals surface area contributed by atoms with Crippen LogP contribution in [0.3, 0.4) is 0 Å². The molecule has 0 saturated heterocycles. The molecule has 0 radical (unpaired) electrons. The molecule has 4 fully saturated rings. The Bertz CT molecular complexity index is 663. The van der Waals surface area contributed by atoms with Gasteiger partial charge in [0.2, 0.25) is 0 Å². The minimum absolute atomic E-state index is 0.147. The average molecular weight is 366 g/mol. The van der Waals surface area contributed by atoms with E-state index in [0.717, 1.165) is 12.8 Å². The topological polar surface area (TPSA) is 115 Å². The molecular formula is C20H30O6. The van der Waals surface area contributed by atoms with Gasteiger partial charge in [-0.25, -0.2) is 0 Å². The van der Waals surface area contributed by atoms with Gasteiger partial charge in [-0.3, -0.25) is 9.59 Å². The second-order valence-electron chi connectivity index (χ2n) is 9.85. The maximum Gasteiger partial charge on any atom is 0.309 e. The van der Waals surface area contributed by atoms with Gasteiger partial charge in [0.25, 0.3) is 0 Å². The Balaban J connectivity index is 1.89. The van der Waals surface area contributed by atoms with Crippen LogP contribution in [0.15, 0.2) is 0 Å². The SMILES string of the molecule is C[C@H]1C(=O)[C@@]23[C@H](O)C[C@H]4[C@@](C)(CCC[C@]4(C)C(=O)O)[C@@H]2C[C@H](O)[C@@H]1[C@H]3O. The monoisotopic (exact) mass is 366 g/mol. The lowest BCUT2D eigenvalue weighted by Crippen LogP contribution is -2.69. The minimum Gasteiger partial charge on any atom is -0.481 e. The van der Waals surface area contributed by atoms with Gasteiger partial charge in [0.15, 0.2) is 0 Å². The van der Waals surface area contributed by atoms with Gasteiger partial charge in [-0.05, 0) is 49.9 Å². The number of aliphatic hydroxyl groups is 3. The molecule has 0 aromatic rings. The van der Waals surface area contributed by atoms with Gasteiger partial charge in [0, 0.05) is 11.8 Å². The molecular weight excluding hydrogens is 336 g/mol. The molecule has 0 aliphatic heterocycles. The maximum absolute atomic E-state index is 13.3. The van der Waals surface area contributed by atoms with Crippen LogP contribution in [0.1, 0.15) is 52.9 Å². The number of carboxylic acid groups (broad SMARTS) is 1. The number of rotatable bonds is 1. The van der Waals surface area contributed by atoms with Crippen molar-refractivity contribution in [2.45, 2.75) is 71.2 Å². The molecule has 4 saturated carbocycles. The highest BCUT2D eigenvalue weighted by Gasteiger charge is 2.76. The number of hydrogen-bond donors (Lipinski definition) is 4. The highest BCUT2D eigenvalue weighted by atomic mass is 16.4. The fraction of sp³-hybridized carbons (Fsp3) is 0.900. The summed E-state index contributed by atoms with van der Waals surface area (Å²) in [5, 5.41) is 42.8. The van der Waals surface area contributed by atoms with Crippen LogP contribution in [-0.2, 0) is 9.59 Å². The zero-order chi connectivity index (χ0) is 19.2. The van der Waals surface area contributed by atoms with Crippen LogP contribution in [0.25, 0.3) is 0 Å². The van der Waals surface area contributed by atoms with E-state index in [0.29, 0.717) is 12.8 Å². The van der Waals surface area contributed by atoms with E-state index in [1.165, 1.54) is 0 Å². The van der Waals surface area contributed by atoms with Crippen LogP contribution in [0.2, 0.25) is 0 Å². The molecule has 0 aromatic heterocycles. The first kappa shape index (κ1) is 18.4. The smallest absolute Gasteiger partial charge is 0.309 e. The molecule has 0 unspecified atom stereocenters. The van der Waals surface area contributed by atoms with Gasteiger partial charge in [-0.1, -0.05) is 20.3 Å². The number of aliphatic hydroxyl groups excluding tert-OH is 3. The summed E-state index contributed by atoms with van der Waals surface area (Å²) >= 11 is 0. The summed E-state index contributed by atoms with van der Waals surface area (Å²) in [5.74, 6) is -2.73. The lowest BCUT2D eigenvalue weighted by Gasteiger charge is -2.65. The molecule has 0 amide bonds. The second-order valence-corrected chi connectivity index (χ2v) is 9.85. The molecule has 0 heterocycles. The summed E-state index contributed by atoms with van der Waals surface area (Å²) < 4.78 is 0. The lowest BCUT2D eigenvalue weighted by molar-refractivity contribution is -0.241. The van der Waals surface area contributed by atoms with Crippen molar-refractivity contribution >= 4 is 11.8 Å². The standard InChI is InChI=1S/C20H30O6/c1-9-14-10(21)7-12-18(2)5-4-6-19(3,17(25)26)11(18)8-13(22)20(12,15(9)23)16(14)24/h9-14,16,21-22,24H,4-8H2,1-3H3,(H,25,26)/t9-,10+,11+,12+,13-,14-,16-,18-,19+,20+/m1/s1. The van der Waals surface area contributed by atoms with Crippen LogP contribution < -0.4 is 0 Å². The van der Waals surface area contributed by atoms with E-state index >= 15 is 0 Å². The Labute approximate surface area is 153 Å². The molecule has 4 N–H and O–H groups in total. The van der Waals surface area contributed by atoms with E-state index in [1.54, 1.807) is 13.8 Å². The maximum atomic E-state index is 13.3. The van der Waals surface area contributed by atoms with E-state index in [4.69, 9.17) is 0 Å². The normalized spacial score (nSPS) is 58.8. The number of ketones is 1. The zero-order valence-corrected chi connectivity index (χ0v) is 15.7. The van der Waals surface area contributed by atoms with E-state index in [2.05, 4.69) is 0 Å². The molecule has 6 nitrogen and oxygen atoms in total. The van der Waals surface area contributed by atoms with Crippen molar-refractivity contribution in [3.8, 4) is 0 Å². The number of carbonyl (C=O) groups excluding carboxylic acids is 1. The summed E-state index contributed by atoms with van der Waals surface area (Å²) in [6.07, 6.45) is -0.332. The fourth-order valence-electron chi connectivity index (χ4n) is 7.76. The molecule has 146 valence electrons. The van der Waals surface area contributed by atoms with Crippen LogP contribution in [0, 0.1) is 39.9 Å². The molecule has 6 heteroatoms. The van der Waals surface area contributed by atoms with E-state index in [1.807, 2.05) is 6.92 Å². The van der Waals surface area contributed by atoms with Crippen molar-refractivity contribution in [3.05, 3.63) is 0 Å². The predicted octanol–water partition coefficient (Wildman–Crippen LogP) is 1.21. The van der Waals surface area contributed by atoms with Crippen molar-refractivity contribution in [2.24, 2.45) is 39.9 Å². The van der Waals surface area contributed by atoms with Crippen molar-refractivity contribution in [1.82, 2.24) is 0 Å². The van der Waals surface area contributed by atoms with Gasteiger partial charge in [0.05, 0.1) is 29.1 Å². The van der Waals surface area contributed by atoms with Crippen molar-refractivity contribution in [1.29, 1.82) is 0 Å². The molecule has 10 atom stereocenters. The number of aliphatic carboxylic acids is 1. The van der Waals surface area contributed by atoms with E-state index in [-0.39, 0.29) is 18.1 Å². The molecule has 0 aromatic carbocycles. The second kappa shape index (κ2) is 5.30. The minimum atomic E-state index is -1.26. The van der Waals surface area contributed by atoms with Gasteiger partial charge in [0.1, 0.15) is 5.78 Å². The molecule has 4 rings (SSSR count). The average Bonchev–Trinajstić information content (AvgIpc) is 2.69. The third-order valence-corrected chi connectivity index (χ3v) is 9.04. The molecule has 4 aliphatic rings. The lowest BCUT2D eigenvalue weighted by atomic mass is 9.39. The quantitative estimate of drug-likeness (QED) is 0.554. The van der Waals surface area contributed by atoms with Crippen LogP contribution >= 0.6 is 0 Å². The third kappa shape index (κ3) is 1.79. The third-order valence-electron chi connectivity index (χ3n) is 9.04. The number of carbonyl (C=O) groups is 2. The molecule has 4 aliphatic carbocycles. The first-order chi connectivity index (χ1) is 12.0. The highest BCUT2D eigenvalue weighted by molar-refractivity contribution is 5.92. The summed E-state index contributed by atoms with van der Waals surface area (Å²) in [5.41, 5.74) is -2.72. The Morgan fingerprint density at radius 1 is 1.08 bits per heavy atom. The molecule has 1 spiro atoms. The fourth-order valence-corrected chi connectivity index (χ4v) is 7.76. The highest BCUT2D eigenvalue weighted by Crippen LogP contribution is 2.71. The Hall–Kier alpha value is -0.980. The summed E-state index contributed by atoms with van der Waals surface area (Å²) in [6.45, 7) is 5.51. The Kier molecular flexibility index (Phi) is 3.75. The summed E-state index contributed by atoms with van der Waals surface area (Å²) in [4.78, 5) is 25.4. The Morgan fingerprint density at radius 2 is 1.73 bits per heavy atom. The van der Waals surface area contributed by atoms with E-state index < -0.39 is 58.3 Å². The largest absolute Gasteiger partial charge is 0.481 e.